The van der Waals surface area contributed by atoms with Crippen LogP contribution in [-0.2, 0) is 11.8 Å². The predicted octanol–water partition coefficient (Wildman–Crippen LogP) is -0.619. The minimum absolute atomic E-state index is 0.109. The summed E-state index contributed by atoms with van der Waals surface area (Å²) < 4.78 is 1.52. The number of aromatic nitrogens is 2. The molecule has 6 heteroatoms. The van der Waals surface area contributed by atoms with Crippen LogP contribution in [0.3, 0.4) is 0 Å². The highest BCUT2D eigenvalue weighted by Gasteiger charge is 2.30. The molecule has 16 heavy (non-hydrogen) atoms. The third-order valence-electron chi connectivity index (χ3n) is 2.80. The van der Waals surface area contributed by atoms with Gasteiger partial charge in [-0.25, -0.2) is 0 Å². The Hall–Kier alpha value is -1.85. The fraction of sp³-hybridized carbons (Fsp3) is 0.500. The number of hydrogen-bond acceptors (Lipinski definition) is 3. The van der Waals surface area contributed by atoms with Gasteiger partial charge in [-0.3, -0.25) is 14.3 Å². The zero-order valence-corrected chi connectivity index (χ0v) is 9.30. The molecule has 1 unspecified atom stereocenters. The molecular weight excluding hydrogens is 208 g/mol. The highest BCUT2D eigenvalue weighted by atomic mass is 16.2. The molecule has 0 aromatic carbocycles. The number of amides is 2. The molecule has 2 rings (SSSR count). The second kappa shape index (κ2) is 3.96. The zero-order valence-electron chi connectivity index (χ0n) is 9.30. The van der Waals surface area contributed by atoms with Crippen LogP contribution >= 0.6 is 0 Å². The number of carbonyl (C=O) groups is 2. The van der Waals surface area contributed by atoms with Crippen LogP contribution in [0.1, 0.15) is 17.4 Å². The minimum Gasteiger partial charge on any atom is -0.353 e. The van der Waals surface area contributed by atoms with E-state index in [4.69, 9.17) is 0 Å². The Morgan fingerprint density at radius 2 is 2.38 bits per heavy atom. The SMILES string of the molecule is CC1C(=O)NCCN1C(=O)c1ccnn1C. The Labute approximate surface area is 93.2 Å². The van der Waals surface area contributed by atoms with Crippen molar-refractivity contribution in [2.24, 2.45) is 7.05 Å². The average Bonchev–Trinajstić information content (AvgIpc) is 2.68. The summed E-state index contributed by atoms with van der Waals surface area (Å²) in [6.07, 6.45) is 1.57. The van der Waals surface area contributed by atoms with Gasteiger partial charge < -0.3 is 10.2 Å². The van der Waals surface area contributed by atoms with Crippen molar-refractivity contribution in [3.8, 4) is 0 Å². The van der Waals surface area contributed by atoms with E-state index in [0.717, 1.165) is 0 Å². The van der Waals surface area contributed by atoms with Crippen LogP contribution < -0.4 is 5.32 Å². The fourth-order valence-corrected chi connectivity index (χ4v) is 1.79. The third kappa shape index (κ3) is 1.66. The van der Waals surface area contributed by atoms with Crippen LogP contribution in [0, 0.1) is 0 Å². The van der Waals surface area contributed by atoms with Gasteiger partial charge in [-0.15, -0.1) is 0 Å². The second-order valence-corrected chi connectivity index (χ2v) is 3.81. The van der Waals surface area contributed by atoms with E-state index >= 15 is 0 Å². The van der Waals surface area contributed by atoms with Gasteiger partial charge in [0.1, 0.15) is 11.7 Å². The quantitative estimate of drug-likeness (QED) is 0.688. The van der Waals surface area contributed by atoms with E-state index in [0.29, 0.717) is 18.8 Å². The number of piperazine rings is 1. The van der Waals surface area contributed by atoms with E-state index in [1.807, 2.05) is 0 Å². The van der Waals surface area contributed by atoms with Crippen LogP contribution in [0.5, 0.6) is 0 Å². The number of aryl methyl sites for hydroxylation is 1. The van der Waals surface area contributed by atoms with E-state index < -0.39 is 6.04 Å². The molecule has 1 fully saturated rings. The monoisotopic (exact) mass is 222 g/mol. The molecule has 2 heterocycles. The molecule has 0 aliphatic carbocycles. The van der Waals surface area contributed by atoms with Gasteiger partial charge in [0, 0.05) is 26.3 Å². The Morgan fingerprint density at radius 1 is 1.62 bits per heavy atom. The second-order valence-electron chi connectivity index (χ2n) is 3.81. The number of nitrogens with zero attached hydrogens (tertiary/aromatic N) is 3. The van der Waals surface area contributed by atoms with Crippen molar-refractivity contribution in [3.63, 3.8) is 0 Å². The van der Waals surface area contributed by atoms with Crippen LogP contribution in [0.4, 0.5) is 0 Å². The first kappa shape index (κ1) is 10.7. The molecule has 1 aliphatic heterocycles. The molecule has 0 radical (unpaired) electrons. The zero-order chi connectivity index (χ0) is 11.7. The lowest BCUT2D eigenvalue weighted by Crippen LogP contribution is -2.56. The van der Waals surface area contributed by atoms with E-state index in [2.05, 4.69) is 10.4 Å². The van der Waals surface area contributed by atoms with Gasteiger partial charge in [0.05, 0.1) is 0 Å². The molecule has 0 spiro atoms. The van der Waals surface area contributed by atoms with Crippen LogP contribution in [0.25, 0.3) is 0 Å². The average molecular weight is 222 g/mol. The molecule has 1 atom stereocenters. The largest absolute Gasteiger partial charge is 0.353 e. The summed E-state index contributed by atoms with van der Waals surface area (Å²) in [5.41, 5.74) is 0.501. The molecule has 1 aromatic rings. The van der Waals surface area contributed by atoms with Crippen molar-refractivity contribution in [2.75, 3.05) is 13.1 Å². The van der Waals surface area contributed by atoms with Crippen molar-refractivity contribution >= 4 is 11.8 Å². The topological polar surface area (TPSA) is 67.2 Å². The Morgan fingerprint density at radius 3 is 3.00 bits per heavy atom. The fourth-order valence-electron chi connectivity index (χ4n) is 1.79. The van der Waals surface area contributed by atoms with Gasteiger partial charge in [-0.2, -0.15) is 5.10 Å². The van der Waals surface area contributed by atoms with Crippen molar-refractivity contribution in [1.29, 1.82) is 0 Å². The van der Waals surface area contributed by atoms with Crippen molar-refractivity contribution in [1.82, 2.24) is 20.0 Å². The number of carbonyl (C=O) groups excluding carboxylic acids is 2. The first-order valence-corrected chi connectivity index (χ1v) is 5.18. The van der Waals surface area contributed by atoms with Crippen LogP contribution in [0.15, 0.2) is 12.3 Å². The van der Waals surface area contributed by atoms with Crippen molar-refractivity contribution < 1.29 is 9.59 Å². The number of hydrogen-bond donors (Lipinski definition) is 1. The first-order valence-electron chi connectivity index (χ1n) is 5.18. The molecule has 6 nitrogen and oxygen atoms in total. The van der Waals surface area contributed by atoms with Crippen molar-refractivity contribution in [3.05, 3.63) is 18.0 Å². The maximum Gasteiger partial charge on any atom is 0.272 e. The molecule has 0 bridgehead atoms. The van der Waals surface area contributed by atoms with E-state index in [1.54, 1.807) is 31.1 Å². The molecular formula is C10H14N4O2. The molecule has 0 saturated carbocycles. The Kier molecular flexibility index (Phi) is 2.64. The maximum absolute atomic E-state index is 12.1. The van der Waals surface area contributed by atoms with Gasteiger partial charge in [-0.1, -0.05) is 0 Å². The lowest BCUT2D eigenvalue weighted by molar-refractivity contribution is -0.127. The van der Waals surface area contributed by atoms with Gasteiger partial charge in [0.15, 0.2) is 0 Å². The van der Waals surface area contributed by atoms with Gasteiger partial charge >= 0.3 is 0 Å². The van der Waals surface area contributed by atoms with E-state index in [-0.39, 0.29) is 11.8 Å². The van der Waals surface area contributed by atoms with E-state index in [9.17, 15) is 9.59 Å². The number of nitrogens with one attached hydrogen (secondary N) is 1. The van der Waals surface area contributed by atoms with Gasteiger partial charge in [-0.05, 0) is 13.0 Å². The lowest BCUT2D eigenvalue weighted by atomic mass is 10.2. The summed E-state index contributed by atoms with van der Waals surface area (Å²) in [6, 6.07) is 1.23. The third-order valence-corrected chi connectivity index (χ3v) is 2.80. The van der Waals surface area contributed by atoms with Crippen LogP contribution in [0.2, 0.25) is 0 Å². The molecule has 1 saturated heterocycles. The van der Waals surface area contributed by atoms with Gasteiger partial charge in [0.2, 0.25) is 5.91 Å². The number of rotatable bonds is 1. The first-order chi connectivity index (χ1) is 7.61. The molecule has 1 N–H and O–H groups in total. The highest BCUT2D eigenvalue weighted by molar-refractivity contribution is 5.96. The summed E-state index contributed by atoms with van der Waals surface area (Å²) in [5.74, 6) is -0.260. The Bertz CT molecular complexity index is 426. The summed E-state index contributed by atoms with van der Waals surface area (Å²) in [5, 5.41) is 6.67. The lowest BCUT2D eigenvalue weighted by Gasteiger charge is -2.32. The van der Waals surface area contributed by atoms with Crippen LogP contribution in [-0.4, -0.2) is 45.6 Å². The maximum atomic E-state index is 12.1. The smallest absolute Gasteiger partial charge is 0.272 e. The summed E-state index contributed by atoms with van der Waals surface area (Å²) in [4.78, 5) is 25.1. The summed E-state index contributed by atoms with van der Waals surface area (Å²) in [7, 11) is 1.71. The van der Waals surface area contributed by atoms with Gasteiger partial charge in [0.25, 0.3) is 5.91 Å². The standard InChI is InChI=1S/C10H14N4O2/c1-7-9(15)11-5-6-14(7)10(16)8-3-4-12-13(8)2/h3-4,7H,5-6H2,1-2H3,(H,11,15). The summed E-state index contributed by atoms with van der Waals surface area (Å²) in [6.45, 7) is 2.77. The minimum atomic E-state index is -0.420. The summed E-state index contributed by atoms with van der Waals surface area (Å²) >= 11 is 0. The highest BCUT2D eigenvalue weighted by Crippen LogP contribution is 2.09. The van der Waals surface area contributed by atoms with Crippen molar-refractivity contribution in [2.45, 2.75) is 13.0 Å². The van der Waals surface area contributed by atoms with E-state index in [1.165, 1.54) is 4.68 Å². The predicted molar refractivity (Wildman–Crippen MR) is 56.7 cm³/mol. The normalized spacial score (nSPS) is 20.8. The molecule has 1 aliphatic rings. The molecule has 2 amide bonds. The molecule has 1 aromatic heterocycles. The molecule has 86 valence electrons. The Balaban J connectivity index is 2.22.